The molecule has 0 N–H and O–H groups in total. The predicted octanol–water partition coefficient (Wildman–Crippen LogP) is 4.03. The van der Waals surface area contributed by atoms with Gasteiger partial charge in [0, 0.05) is 49.0 Å². The maximum atomic E-state index is 13.0. The number of likely N-dealkylation sites (tertiary alicyclic amines) is 1. The quantitative estimate of drug-likeness (QED) is 0.718. The summed E-state index contributed by atoms with van der Waals surface area (Å²) < 4.78 is 2.22. The van der Waals surface area contributed by atoms with Gasteiger partial charge in [-0.3, -0.25) is 9.78 Å². The maximum absolute atomic E-state index is 13.0. The Morgan fingerprint density at radius 1 is 1.23 bits per heavy atom. The zero-order chi connectivity index (χ0) is 18.1. The molecule has 1 fully saturated rings. The van der Waals surface area contributed by atoms with Crippen molar-refractivity contribution in [2.45, 2.75) is 38.6 Å². The molecule has 2 aromatic heterocycles. The summed E-state index contributed by atoms with van der Waals surface area (Å²) in [6.07, 6.45) is 7.67. The first-order valence-electron chi connectivity index (χ1n) is 9.30. The SMILES string of the molecule is CC(C)n1ccnc1[C@H]1CCCN(C(=O)c2cnc3ccccc3c2)C1. The fourth-order valence-electron chi connectivity index (χ4n) is 3.82. The summed E-state index contributed by atoms with van der Waals surface area (Å²) in [5.74, 6) is 1.45. The van der Waals surface area contributed by atoms with Crippen LogP contribution >= 0.6 is 0 Å². The van der Waals surface area contributed by atoms with E-state index in [1.807, 2.05) is 47.6 Å². The number of imidazole rings is 1. The van der Waals surface area contributed by atoms with Crippen molar-refractivity contribution in [2.24, 2.45) is 0 Å². The van der Waals surface area contributed by atoms with Gasteiger partial charge in [0.1, 0.15) is 5.82 Å². The van der Waals surface area contributed by atoms with Gasteiger partial charge < -0.3 is 9.47 Å². The number of carbonyl (C=O) groups excluding carboxylic acids is 1. The lowest BCUT2D eigenvalue weighted by molar-refractivity contribution is 0.0703. The van der Waals surface area contributed by atoms with Gasteiger partial charge in [-0.05, 0) is 38.8 Å². The fourth-order valence-corrected chi connectivity index (χ4v) is 3.82. The number of hydrogen-bond acceptors (Lipinski definition) is 3. The fraction of sp³-hybridized carbons (Fsp3) is 0.381. The molecule has 1 amide bonds. The summed E-state index contributed by atoms with van der Waals surface area (Å²) in [6.45, 7) is 5.84. The molecule has 3 aromatic rings. The number of benzene rings is 1. The average Bonchev–Trinajstić information content (AvgIpc) is 3.17. The van der Waals surface area contributed by atoms with Crippen LogP contribution in [0.3, 0.4) is 0 Å². The average molecular weight is 348 g/mol. The van der Waals surface area contributed by atoms with Crippen molar-refractivity contribution < 1.29 is 4.79 Å². The van der Waals surface area contributed by atoms with Crippen LogP contribution in [0, 0.1) is 0 Å². The van der Waals surface area contributed by atoms with Crippen LogP contribution in [-0.4, -0.2) is 38.4 Å². The lowest BCUT2D eigenvalue weighted by Crippen LogP contribution is -2.39. The molecule has 0 bridgehead atoms. The molecule has 0 unspecified atom stereocenters. The van der Waals surface area contributed by atoms with Crippen LogP contribution in [-0.2, 0) is 0 Å². The second-order valence-corrected chi connectivity index (χ2v) is 7.29. The number of fused-ring (bicyclic) bond motifs is 1. The van der Waals surface area contributed by atoms with E-state index in [0.29, 0.717) is 17.5 Å². The third kappa shape index (κ3) is 3.09. The molecule has 5 heteroatoms. The Balaban J connectivity index is 1.56. The van der Waals surface area contributed by atoms with E-state index < -0.39 is 0 Å². The van der Waals surface area contributed by atoms with Crippen molar-refractivity contribution >= 4 is 16.8 Å². The number of hydrogen-bond donors (Lipinski definition) is 0. The lowest BCUT2D eigenvalue weighted by atomic mass is 9.96. The van der Waals surface area contributed by atoms with Crippen LogP contribution in [0.1, 0.15) is 54.8 Å². The largest absolute Gasteiger partial charge is 0.338 e. The number of pyridine rings is 1. The molecule has 1 aliphatic heterocycles. The highest BCUT2D eigenvalue weighted by molar-refractivity contribution is 5.97. The van der Waals surface area contributed by atoms with Gasteiger partial charge >= 0.3 is 0 Å². The molecule has 1 saturated heterocycles. The van der Waals surface area contributed by atoms with E-state index in [0.717, 1.165) is 42.7 Å². The number of rotatable bonds is 3. The Morgan fingerprint density at radius 2 is 2.08 bits per heavy atom. The number of nitrogens with zero attached hydrogens (tertiary/aromatic N) is 4. The van der Waals surface area contributed by atoms with Gasteiger partial charge in [-0.1, -0.05) is 18.2 Å². The van der Waals surface area contributed by atoms with Crippen molar-refractivity contribution in [1.29, 1.82) is 0 Å². The summed E-state index contributed by atoms with van der Waals surface area (Å²) in [7, 11) is 0. The molecule has 134 valence electrons. The predicted molar refractivity (Wildman–Crippen MR) is 102 cm³/mol. The summed E-state index contributed by atoms with van der Waals surface area (Å²) in [4.78, 5) is 24.0. The molecule has 1 atom stereocenters. The molecule has 0 saturated carbocycles. The van der Waals surface area contributed by atoms with E-state index in [-0.39, 0.29) is 5.91 Å². The maximum Gasteiger partial charge on any atom is 0.255 e. The Hall–Kier alpha value is -2.69. The minimum absolute atomic E-state index is 0.0654. The number of amides is 1. The highest BCUT2D eigenvalue weighted by atomic mass is 16.2. The van der Waals surface area contributed by atoms with E-state index in [4.69, 9.17) is 0 Å². The second-order valence-electron chi connectivity index (χ2n) is 7.29. The minimum Gasteiger partial charge on any atom is -0.338 e. The third-order valence-corrected chi connectivity index (χ3v) is 5.17. The molecule has 4 rings (SSSR count). The summed E-state index contributed by atoms with van der Waals surface area (Å²) in [5, 5.41) is 1.00. The Bertz CT molecular complexity index is 930. The molecular weight excluding hydrogens is 324 g/mol. The number of carbonyl (C=O) groups is 1. The Labute approximate surface area is 153 Å². The summed E-state index contributed by atoms with van der Waals surface area (Å²) in [5.41, 5.74) is 1.58. The molecule has 5 nitrogen and oxygen atoms in total. The summed E-state index contributed by atoms with van der Waals surface area (Å²) >= 11 is 0. The highest BCUT2D eigenvalue weighted by Crippen LogP contribution is 2.28. The van der Waals surface area contributed by atoms with Crippen molar-refractivity contribution in [3.8, 4) is 0 Å². The van der Waals surface area contributed by atoms with Crippen LogP contribution < -0.4 is 0 Å². The first-order valence-corrected chi connectivity index (χ1v) is 9.30. The van der Waals surface area contributed by atoms with Crippen molar-refractivity contribution in [1.82, 2.24) is 19.4 Å². The van der Waals surface area contributed by atoms with Crippen LogP contribution in [0.4, 0.5) is 0 Å². The van der Waals surface area contributed by atoms with Crippen LogP contribution in [0.15, 0.2) is 48.9 Å². The van der Waals surface area contributed by atoms with Gasteiger partial charge in [0.2, 0.25) is 0 Å². The molecule has 0 aliphatic carbocycles. The normalized spacial score (nSPS) is 17.8. The van der Waals surface area contributed by atoms with Crippen LogP contribution in [0.5, 0.6) is 0 Å². The zero-order valence-corrected chi connectivity index (χ0v) is 15.3. The monoisotopic (exact) mass is 348 g/mol. The molecule has 26 heavy (non-hydrogen) atoms. The van der Waals surface area contributed by atoms with Gasteiger partial charge in [-0.2, -0.15) is 0 Å². The molecule has 0 radical (unpaired) electrons. The third-order valence-electron chi connectivity index (χ3n) is 5.17. The summed E-state index contributed by atoms with van der Waals surface area (Å²) in [6, 6.07) is 10.2. The van der Waals surface area contributed by atoms with Gasteiger partial charge in [0.15, 0.2) is 0 Å². The first-order chi connectivity index (χ1) is 12.6. The molecule has 3 heterocycles. The van der Waals surface area contributed by atoms with Gasteiger partial charge in [0.05, 0.1) is 11.1 Å². The van der Waals surface area contributed by atoms with Gasteiger partial charge in [0.25, 0.3) is 5.91 Å². The number of piperidine rings is 1. The number of para-hydroxylation sites is 1. The smallest absolute Gasteiger partial charge is 0.255 e. The van der Waals surface area contributed by atoms with E-state index in [2.05, 4.69) is 28.4 Å². The Morgan fingerprint density at radius 3 is 2.92 bits per heavy atom. The zero-order valence-electron chi connectivity index (χ0n) is 15.3. The van der Waals surface area contributed by atoms with Crippen molar-refractivity contribution in [2.75, 3.05) is 13.1 Å². The van der Waals surface area contributed by atoms with Crippen molar-refractivity contribution in [3.63, 3.8) is 0 Å². The first kappa shape index (κ1) is 16.8. The second kappa shape index (κ2) is 6.90. The van der Waals surface area contributed by atoms with E-state index in [1.165, 1.54) is 0 Å². The van der Waals surface area contributed by atoms with Gasteiger partial charge in [-0.25, -0.2) is 4.98 Å². The lowest BCUT2D eigenvalue weighted by Gasteiger charge is -2.33. The van der Waals surface area contributed by atoms with E-state index in [1.54, 1.807) is 6.20 Å². The standard InChI is InChI=1S/C21H24N4O/c1-15(2)25-11-9-22-20(25)17-7-5-10-24(14-17)21(26)18-12-16-6-3-4-8-19(16)23-13-18/h3-4,6,8-9,11-13,15,17H,5,7,10,14H2,1-2H3/t17-/m0/s1. The molecule has 1 aliphatic rings. The van der Waals surface area contributed by atoms with Crippen LogP contribution in [0.25, 0.3) is 10.9 Å². The molecular formula is C21H24N4O. The van der Waals surface area contributed by atoms with Gasteiger partial charge in [-0.15, -0.1) is 0 Å². The minimum atomic E-state index is 0.0654. The highest BCUT2D eigenvalue weighted by Gasteiger charge is 2.28. The van der Waals surface area contributed by atoms with Crippen molar-refractivity contribution in [3.05, 3.63) is 60.3 Å². The van der Waals surface area contributed by atoms with E-state index >= 15 is 0 Å². The van der Waals surface area contributed by atoms with Crippen LogP contribution in [0.2, 0.25) is 0 Å². The Kier molecular flexibility index (Phi) is 4.45. The van der Waals surface area contributed by atoms with E-state index in [9.17, 15) is 4.79 Å². The molecule has 1 aromatic carbocycles. The number of aromatic nitrogens is 3. The molecule has 0 spiro atoms. The topological polar surface area (TPSA) is 51.0 Å².